The van der Waals surface area contributed by atoms with Gasteiger partial charge in [-0.2, -0.15) is 4.98 Å². The molecule has 1 heterocycles. The van der Waals surface area contributed by atoms with Crippen LogP contribution in [0.2, 0.25) is 0 Å². The molecule has 1 aromatic heterocycles. The summed E-state index contributed by atoms with van der Waals surface area (Å²) in [6.07, 6.45) is -1.35. The van der Waals surface area contributed by atoms with Gasteiger partial charge in [-0.1, -0.05) is 5.16 Å². The molecule has 1 fully saturated rings. The number of nitrogens with zero attached hydrogens (tertiary/aromatic N) is 2. The molecule has 8 nitrogen and oxygen atoms in total. The van der Waals surface area contributed by atoms with E-state index in [4.69, 9.17) is 4.52 Å². The molecule has 0 bridgehead atoms. The lowest BCUT2D eigenvalue weighted by molar-refractivity contribution is -0.274. The molecule has 3 rings (SSSR count). The standard InChI is InChI=1S/C18H23F3N4O4S/c1-2-30(26,27)22-11-12-3-7-14(8-4-12)23-17-24-16(25-29-17)13-5-9-15(10-6-13)28-18(19,20)21/h5-6,9-10,12,14,22H,2-4,7-8,11H2,1H3,(H,23,24,25). The molecule has 0 atom stereocenters. The number of hydrogen-bond acceptors (Lipinski definition) is 7. The van der Waals surface area contributed by atoms with Crippen molar-refractivity contribution in [3.05, 3.63) is 24.3 Å². The topological polar surface area (TPSA) is 106 Å². The summed E-state index contributed by atoms with van der Waals surface area (Å²) in [5, 5.41) is 7.01. The normalized spacial score (nSPS) is 20.1. The Hall–Kier alpha value is -2.34. The van der Waals surface area contributed by atoms with Crippen molar-refractivity contribution in [2.45, 2.75) is 45.0 Å². The van der Waals surface area contributed by atoms with E-state index in [9.17, 15) is 21.6 Å². The Morgan fingerprint density at radius 1 is 1.17 bits per heavy atom. The molecule has 1 aliphatic carbocycles. The van der Waals surface area contributed by atoms with Gasteiger partial charge in [0.15, 0.2) is 0 Å². The van der Waals surface area contributed by atoms with Gasteiger partial charge in [0, 0.05) is 18.2 Å². The first-order chi connectivity index (χ1) is 14.1. The van der Waals surface area contributed by atoms with Crippen molar-refractivity contribution >= 4 is 16.0 Å². The van der Waals surface area contributed by atoms with Gasteiger partial charge >= 0.3 is 12.4 Å². The van der Waals surface area contributed by atoms with E-state index in [1.807, 2.05) is 0 Å². The largest absolute Gasteiger partial charge is 0.573 e. The van der Waals surface area contributed by atoms with Crippen molar-refractivity contribution in [1.29, 1.82) is 0 Å². The fourth-order valence-electron chi connectivity index (χ4n) is 3.24. The number of halogens is 3. The number of ether oxygens (including phenoxy) is 1. The van der Waals surface area contributed by atoms with Crippen molar-refractivity contribution in [3.8, 4) is 17.1 Å². The van der Waals surface area contributed by atoms with E-state index >= 15 is 0 Å². The molecular formula is C18H23F3N4O4S. The first-order valence-corrected chi connectivity index (χ1v) is 11.2. The van der Waals surface area contributed by atoms with Crippen molar-refractivity contribution in [1.82, 2.24) is 14.9 Å². The molecule has 0 spiro atoms. The van der Waals surface area contributed by atoms with Gasteiger partial charge in [0.05, 0.1) is 5.75 Å². The number of sulfonamides is 1. The molecule has 0 aliphatic heterocycles. The van der Waals surface area contributed by atoms with Crippen molar-refractivity contribution in [3.63, 3.8) is 0 Å². The first kappa shape index (κ1) is 22.3. The molecule has 166 valence electrons. The number of hydrogen-bond donors (Lipinski definition) is 2. The molecular weight excluding hydrogens is 425 g/mol. The van der Waals surface area contributed by atoms with Crippen molar-refractivity contribution in [2.24, 2.45) is 5.92 Å². The zero-order valence-corrected chi connectivity index (χ0v) is 17.1. The van der Waals surface area contributed by atoms with Crippen LogP contribution in [-0.2, 0) is 10.0 Å². The van der Waals surface area contributed by atoms with E-state index in [-0.39, 0.29) is 29.4 Å². The number of nitrogens with one attached hydrogen (secondary N) is 2. The number of benzene rings is 1. The molecule has 12 heteroatoms. The molecule has 2 N–H and O–H groups in total. The highest BCUT2D eigenvalue weighted by Crippen LogP contribution is 2.28. The SMILES string of the molecule is CCS(=O)(=O)NCC1CCC(Nc2nc(-c3ccc(OC(F)(F)F)cc3)no2)CC1. The Bertz CT molecular complexity index is 924. The van der Waals surface area contributed by atoms with Gasteiger partial charge in [-0.15, -0.1) is 13.2 Å². The smallest absolute Gasteiger partial charge is 0.406 e. The Kier molecular flexibility index (Phi) is 6.86. The number of alkyl halides is 3. The molecule has 0 unspecified atom stereocenters. The van der Waals surface area contributed by atoms with Crippen LogP contribution in [0.25, 0.3) is 11.4 Å². The van der Waals surface area contributed by atoms with Crippen LogP contribution in [0.1, 0.15) is 32.6 Å². The average molecular weight is 448 g/mol. The fraction of sp³-hybridized carbons (Fsp3) is 0.556. The van der Waals surface area contributed by atoms with Crippen LogP contribution in [0.5, 0.6) is 5.75 Å². The van der Waals surface area contributed by atoms with E-state index in [2.05, 4.69) is 24.9 Å². The minimum atomic E-state index is -4.75. The number of aromatic nitrogens is 2. The third-order valence-electron chi connectivity index (χ3n) is 4.92. The molecule has 1 aromatic carbocycles. The van der Waals surface area contributed by atoms with Crippen molar-refractivity contribution < 1.29 is 30.8 Å². The minimum Gasteiger partial charge on any atom is -0.406 e. The van der Waals surface area contributed by atoms with Crippen LogP contribution in [0.15, 0.2) is 28.8 Å². The maximum Gasteiger partial charge on any atom is 0.573 e. The van der Waals surface area contributed by atoms with E-state index in [1.165, 1.54) is 24.3 Å². The predicted octanol–water partition coefficient (Wildman–Crippen LogP) is 3.55. The quantitative estimate of drug-likeness (QED) is 0.636. The fourth-order valence-corrected chi connectivity index (χ4v) is 3.93. The Balaban J connectivity index is 1.49. The van der Waals surface area contributed by atoms with Crippen LogP contribution in [0, 0.1) is 5.92 Å². The summed E-state index contributed by atoms with van der Waals surface area (Å²) in [7, 11) is -3.18. The number of anilines is 1. The third kappa shape index (κ3) is 6.59. The zero-order valence-electron chi connectivity index (χ0n) is 16.3. The van der Waals surface area contributed by atoms with Gasteiger partial charge in [-0.3, -0.25) is 0 Å². The molecule has 2 aromatic rings. The molecule has 1 saturated carbocycles. The van der Waals surface area contributed by atoms with Gasteiger partial charge in [0.2, 0.25) is 15.8 Å². The van der Waals surface area contributed by atoms with E-state index in [1.54, 1.807) is 6.92 Å². The van der Waals surface area contributed by atoms with Gasteiger partial charge in [0.25, 0.3) is 0 Å². The van der Waals surface area contributed by atoms with Crippen LogP contribution in [-0.4, -0.2) is 43.3 Å². The second kappa shape index (κ2) is 9.21. The lowest BCUT2D eigenvalue weighted by atomic mass is 9.86. The van der Waals surface area contributed by atoms with Crippen LogP contribution in [0.3, 0.4) is 0 Å². The Morgan fingerprint density at radius 2 is 1.83 bits per heavy atom. The molecule has 0 saturated heterocycles. The molecule has 1 aliphatic rings. The summed E-state index contributed by atoms with van der Waals surface area (Å²) in [6, 6.07) is 5.55. The van der Waals surface area contributed by atoms with E-state index < -0.39 is 16.4 Å². The lowest BCUT2D eigenvalue weighted by Crippen LogP contribution is -2.34. The summed E-state index contributed by atoms with van der Waals surface area (Å²) >= 11 is 0. The van der Waals surface area contributed by atoms with Gasteiger partial charge in [-0.25, -0.2) is 13.1 Å². The van der Waals surface area contributed by atoms with Crippen LogP contribution in [0.4, 0.5) is 19.2 Å². The molecule has 0 radical (unpaired) electrons. The maximum absolute atomic E-state index is 12.2. The van der Waals surface area contributed by atoms with E-state index in [0.29, 0.717) is 18.0 Å². The summed E-state index contributed by atoms with van der Waals surface area (Å²) < 4.78 is 71.4. The van der Waals surface area contributed by atoms with Crippen molar-refractivity contribution in [2.75, 3.05) is 17.6 Å². The summed E-state index contributed by atoms with van der Waals surface area (Å²) in [6.45, 7) is 2.05. The van der Waals surface area contributed by atoms with E-state index in [0.717, 1.165) is 25.7 Å². The summed E-state index contributed by atoms with van der Waals surface area (Å²) in [5.41, 5.74) is 0.494. The minimum absolute atomic E-state index is 0.0709. The van der Waals surface area contributed by atoms with Gasteiger partial charge in [-0.05, 0) is 62.8 Å². The Labute approximate surface area is 172 Å². The zero-order chi connectivity index (χ0) is 21.8. The summed E-state index contributed by atoms with van der Waals surface area (Å²) in [4.78, 5) is 4.23. The number of rotatable bonds is 8. The highest BCUT2D eigenvalue weighted by Gasteiger charge is 2.31. The van der Waals surface area contributed by atoms with Gasteiger partial charge in [0.1, 0.15) is 5.75 Å². The van der Waals surface area contributed by atoms with Gasteiger partial charge < -0.3 is 14.6 Å². The average Bonchev–Trinajstić information content (AvgIpc) is 3.15. The second-order valence-corrected chi connectivity index (χ2v) is 9.20. The lowest BCUT2D eigenvalue weighted by Gasteiger charge is -2.28. The third-order valence-corrected chi connectivity index (χ3v) is 6.29. The van der Waals surface area contributed by atoms with Crippen LogP contribution >= 0.6 is 0 Å². The highest BCUT2D eigenvalue weighted by molar-refractivity contribution is 7.89. The maximum atomic E-state index is 12.2. The molecule has 0 amide bonds. The second-order valence-electron chi connectivity index (χ2n) is 7.11. The highest BCUT2D eigenvalue weighted by atomic mass is 32.2. The predicted molar refractivity (Wildman–Crippen MR) is 103 cm³/mol. The van der Waals surface area contributed by atoms with Crippen LogP contribution < -0.4 is 14.8 Å². The first-order valence-electron chi connectivity index (χ1n) is 9.57. The Morgan fingerprint density at radius 3 is 2.43 bits per heavy atom. The monoisotopic (exact) mass is 448 g/mol. The summed E-state index contributed by atoms with van der Waals surface area (Å²) in [5.74, 6) is 0.284. The molecule has 30 heavy (non-hydrogen) atoms.